The molecule has 7 nitrogen and oxygen atoms in total. The van der Waals surface area contributed by atoms with E-state index >= 15 is 0 Å². The molecule has 3 rings (SSSR count). The maximum Gasteiger partial charge on any atom is 0.346 e. The number of anilines is 1. The third-order valence-corrected chi connectivity index (χ3v) is 6.40. The van der Waals surface area contributed by atoms with Crippen molar-refractivity contribution >= 4 is 46.8 Å². The molecule has 31 heavy (non-hydrogen) atoms. The van der Waals surface area contributed by atoms with Gasteiger partial charge in [0.1, 0.15) is 11.4 Å². The summed E-state index contributed by atoms with van der Waals surface area (Å²) >= 11 is 0. The van der Waals surface area contributed by atoms with E-state index in [9.17, 15) is 22.4 Å². The van der Waals surface area contributed by atoms with E-state index in [1.165, 1.54) is 37.3 Å². The molecule has 0 radical (unpaired) electrons. The molecule has 0 unspecified atom stereocenters. The van der Waals surface area contributed by atoms with Crippen LogP contribution in [-0.2, 0) is 21.2 Å². The summed E-state index contributed by atoms with van der Waals surface area (Å²) in [7, 11) is -4.05. The first-order valence-electron chi connectivity index (χ1n) is 9.10. The molecule has 1 heterocycles. The highest BCUT2D eigenvalue weighted by Gasteiger charge is 2.58. The first-order valence-corrected chi connectivity index (χ1v) is 11.0. The number of carbonyl (C=O) groups is 2. The lowest BCUT2D eigenvalue weighted by Crippen LogP contribution is -2.49. The molecule has 0 saturated carbocycles. The number of aryl methyl sites for hydroxylation is 2. The van der Waals surface area contributed by atoms with Crippen LogP contribution in [0.15, 0.2) is 42.5 Å². The molecule has 10 heteroatoms. The van der Waals surface area contributed by atoms with E-state index in [-0.39, 0.29) is 32.0 Å². The van der Waals surface area contributed by atoms with Crippen LogP contribution in [-0.4, -0.2) is 36.5 Å². The van der Waals surface area contributed by atoms with Crippen molar-refractivity contribution in [2.75, 3.05) is 11.2 Å². The van der Waals surface area contributed by atoms with E-state index in [1.54, 1.807) is 19.1 Å². The van der Waals surface area contributed by atoms with E-state index in [0.29, 0.717) is 21.1 Å². The van der Waals surface area contributed by atoms with E-state index in [1.807, 2.05) is 0 Å². The number of hydrogen-bond acceptors (Lipinski definition) is 4. The largest absolute Gasteiger partial charge is 0.346 e. The second kappa shape index (κ2) is 8.69. The molecule has 164 valence electrons. The average molecular weight is 464 g/mol. The van der Waals surface area contributed by atoms with Crippen LogP contribution in [0.2, 0.25) is 0 Å². The lowest BCUT2D eigenvalue weighted by molar-refractivity contribution is -0.123. The molecule has 1 atom stereocenters. The Morgan fingerprint density at radius 3 is 2.26 bits per heavy atom. The number of nitrogens with zero attached hydrogens (tertiary/aromatic N) is 3. The van der Waals surface area contributed by atoms with Crippen molar-refractivity contribution in [3.8, 4) is 0 Å². The van der Waals surface area contributed by atoms with Gasteiger partial charge in [0, 0.05) is 0 Å². The van der Waals surface area contributed by atoms with Crippen molar-refractivity contribution < 1.29 is 22.4 Å². The molecular formula is C21H22FN3O4S2. The van der Waals surface area contributed by atoms with Crippen LogP contribution in [0.1, 0.15) is 24.5 Å². The van der Waals surface area contributed by atoms with Crippen LogP contribution >= 0.6 is 13.5 Å². The minimum Gasteiger partial charge on any atom is -0.271 e. The van der Waals surface area contributed by atoms with Crippen LogP contribution in [0.5, 0.6) is 0 Å². The molecule has 3 amide bonds. The van der Waals surface area contributed by atoms with Crippen molar-refractivity contribution in [3.63, 3.8) is 0 Å². The van der Waals surface area contributed by atoms with Gasteiger partial charge >= 0.3 is 6.03 Å². The summed E-state index contributed by atoms with van der Waals surface area (Å²) in [5.41, 5.74) is 0.215. The highest BCUT2D eigenvalue weighted by Crippen LogP contribution is 2.38. The van der Waals surface area contributed by atoms with E-state index in [2.05, 4.69) is 4.85 Å². The number of imide groups is 1. The Hall–Kier alpha value is -2.90. The summed E-state index contributed by atoms with van der Waals surface area (Å²) in [6, 6.07) is 9.14. The maximum atomic E-state index is 13.3. The fourth-order valence-corrected chi connectivity index (χ4v) is 4.87. The van der Waals surface area contributed by atoms with Crippen LogP contribution < -0.4 is 4.90 Å². The molecular weight excluding hydrogens is 441 g/mol. The predicted molar refractivity (Wildman–Crippen MR) is 121 cm³/mol. The lowest BCUT2D eigenvalue weighted by Gasteiger charge is -2.29. The lowest BCUT2D eigenvalue weighted by atomic mass is 9.93. The molecule has 1 aliphatic rings. The average Bonchev–Trinajstić information content (AvgIpc) is 2.87. The minimum absolute atomic E-state index is 0. The van der Waals surface area contributed by atoms with Gasteiger partial charge in [-0.25, -0.2) is 31.7 Å². The smallest absolute Gasteiger partial charge is 0.271 e. The van der Waals surface area contributed by atoms with Crippen LogP contribution in [0.3, 0.4) is 0 Å². The quantitative estimate of drug-likeness (QED) is 0.497. The van der Waals surface area contributed by atoms with Crippen molar-refractivity contribution in [2.45, 2.75) is 32.2 Å². The van der Waals surface area contributed by atoms with E-state index in [0.717, 1.165) is 11.2 Å². The molecule has 0 N–H and O–H groups in total. The standard InChI is InChI=1S/C21H20FN3O4S.H2S/c1-14-13-17(9-10-18(14)23-3)24-19(26)21(2,25(20(24)27)30(4,28)29)12-11-15-5-7-16(22)8-6-15;/h5-10,13H,11-12H2,1-2,4H3;1H2/t21-;/m1./s1. The number of hydrogen-bond donors (Lipinski definition) is 0. The number of urea groups is 1. The Bertz CT molecular complexity index is 1180. The van der Waals surface area contributed by atoms with Gasteiger partial charge in [-0.2, -0.15) is 13.5 Å². The molecule has 1 fully saturated rings. The monoisotopic (exact) mass is 463 g/mol. The molecule has 1 saturated heterocycles. The zero-order valence-corrected chi connectivity index (χ0v) is 19.0. The summed E-state index contributed by atoms with van der Waals surface area (Å²) in [4.78, 5) is 30.6. The first kappa shape index (κ1) is 24.4. The van der Waals surface area contributed by atoms with Gasteiger partial charge in [0.05, 0.1) is 18.5 Å². The summed E-state index contributed by atoms with van der Waals surface area (Å²) in [5, 5.41) is 0. The van der Waals surface area contributed by atoms with Crippen LogP contribution in [0.25, 0.3) is 4.85 Å². The Balaban J connectivity index is 0.00000341. The zero-order chi connectivity index (χ0) is 22.3. The van der Waals surface area contributed by atoms with Crippen molar-refractivity contribution in [1.82, 2.24) is 4.31 Å². The highest BCUT2D eigenvalue weighted by atomic mass is 32.2. The summed E-state index contributed by atoms with van der Waals surface area (Å²) in [6.45, 7) is 10.2. The fraction of sp³-hybridized carbons (Fsp3) is 0.286. The Kier molecular flexibility index (Phi) is 6.83. The molecule has 2 aromatic carbocycles. The van der Waals surface area contributed by atoms with Gasteiger partial charge in [-0.1, -0.05) is 18.2 Å². The zero-order valence-electron chi connectivity index (χ0n) is 17.2. The summed E-state index contributed by atoms with van der Waals surface area (Å²) in [6.07, 6.45) is 1.18. The van der Waals surface area contributed by atoms with Crippen molar-refractivity contribution in [2.24, 2.45) is 0 Å². The topological polar surface area (TPSA) is 79.1 Å². The maximum absolute atomic E-state index is 13.3. The molecule has 0 bridgehead atoms. The fourth-order valence-electron chi connectivity index (χ4n) is 3.60. The molecule has 0 aromatic heterocycles. The first-order chi connectivity index (χ1) is 14.0. The number of rotatable bonds is 5. The Morgan fingerprint density at radius 1 is 1.13 bits per heavy atom. The second-order valence-electron chi connectivity index (χ2n) is 7.43. The van der Waals surface area contributed by atoms with E-state index < -0.39 is 33.3 Å². The number of carbonyl (C=O) groups excluding carboxylic acids is 2. The van der Waals surface area contributed by atoms with Crippen molar-refractivity contribution in [1.29, 1.82) is 0 Å². The Morgan fingerprint density at radius 2 is 1.74 bits per heavy atom. The van der Waals surface area contributed by atoms with Gasteiger partial charge in [0.2, 0.25) is 10.0 Å². The highest BCUT2D eigenvalue weighted by molar-refractivity contribution is 7.89. The molecule has 0 aliphatic carbocycles. The van der Waals surface area contributed by atoms with Gasteiger partial charge in [-0.05, 0) is 62.1 Å². The third-order valence-electron chi connectivity index (χ3n) is 5.18. The minimum atomic E-state index is -4.05. The summed E-state index contributed by atoms with van der Waals surface area (Å²) < 4.78 is 38.6. The number of halogens is 1. The Labute approximate surface area is 187 Å². The van der Waals surface area contributed by atoms with Gasteiger partial charge in [-0.15, -0.1) is 0 Å². The SMILES string of the molecule is S.[C-]#[N+]c1ccc(N2C(=O)N(S(C)(=O)=O)[C@](C)(CCc3ccc(F)cc3)C2=O)cc1C. The van der Waals surface area contributed by atoms with Crippen molar-refractivity contribution in [3.05, 3.63) is 70.8 Å². The predicted octanol–water partition coefficient (Wildman–Crippen LogP) is 3.92. The molecule has 1 aliphatic heterocycles. The number of amides is 3. The molecule has 0 spiro atoms. The van der Waals surface area contributed by atoms with Gasteiger partial charge in [0.15, 0.2) is 5.69 Å². The van der Waals surface area contributed by atoms with Gasteiger partial charge in [-0.3, -0.25) is 4.79 Å². The van der Waals surface area contributed by atoms with Gasteiger partial charge in [0.25, 0.3) is 5.91 Å². The summed E-state index contributed by atoms with van der Waals surface area (Å²) in [5.74, 6) is -1.07. The second-order valence-corrected chi connectivity index (χ2v) is 9.26. The molecule has 2 aromatic rings. The normalized spacial score (nSPS) is 18.7. The number of sulfonamides is 1. The van der Waals surface area contributed by atoms with E-state index in [4.69, 9.17) is 6.57 Å². The third kappa shape index (κ3) is 4.43. The van der Waals surface area contributed by atoms with Crippen LogP contribution in [0, 0.1) is 19.3 Å². The van der Waals surface area contributed by atoms with Crippen LogP contribution in [0.4, 0.5) is 20.6 Å². The number of benzene rings is 2. The van der Waals surface area contributed by atoms with Gasteiger partial charge < -0.3 is 0 Å².